The maximum Gasteiger partial charge on any atom is 0.586 e. The number of nitrogens with zero attached hydrogens (tertiary/aromatic N) is 2. The Kier molecular flexibility index (Phi) is 5.92. The number of anilines is 1. The van der Waals surface area contributed by atoms with Crippen molar-refractivity contribution in [3.05, 3.63) is 45.9 Å². The van der Waals surface area contributed by atoms with Crippen molar-refractivity contribution in [1.82, 2.24) is 14.9 Å². The van der Waals surface area contributed by atoms with Gasteiger partial charge in [-0.25, -0.2) is 13.8 Å². The Morgan fingerprint density at radius 3 is 2.75 bits per heavy atom. The minimum absolute atomic E-state index is 0.0133. The smallest absolute Gasteiger partial charge is 0.395 e. The topological polar surface area (TPSA) is 123 Å². The van der Waals surface area contributed by atoms with Crippen LogP contribution in [0.4, 0.5) is 22.7 Å². The number of aromatic nitrogens is 2. The summed E-state index contributed by atoms with van der Waals surface area (Å²) >= 11 is 1.05. The maximum atomic E-state index is 14.8. The summed E-state index contributed by atoms with van der Waals surface area (Å²) in [5.41, 5.74) is 5.89. The molecule has 192 valence electrons. The molecule has 5 rings (SSSR count). The normalized spacial score (nSPS) is 21.4. The summed E-state index contributed by atoms with van der Waals surface area (Å²) in [4.78, 5) is 33.1. The van der Waals surface area contributed by atoms with Gasteiger partial charge >= 0.3 is 6.29 Å². The Balaban J connectivity index is 1.31. The second-order valence-corrected chi connectivity index (χ2v) is 9.70. The number of aromatic amines is 1. The van der Waals surface area contributed by atoms with Gasteiger partial charge in [0.1, 0.15) is 0 Å². The third-order valence-corrected chi connectivity index (χ3v) is 7.29. The van der Waals surface area contributed by atoms with Crippen LogP contribution in [0.1, 0.15) is 30.4 Å². The molecule has 1 aromatic carbocycles. The first-order valence-electron chi connectivity index (χ1n) is 11.0. The van der Waals surface area contributed by atoms with Gasteiger partial charge in [-0.3, -0.25) is 14.5 Å². The van der Waals surface area contributed by atoms with Gasteiger partial charge in [0.15, 0.2) is 16.6 Å². The van der Waals surface area contributed by atoms with Crippen molar-refractivity contribution < 1.29 is 31.8 Å². The van der Waals surface area contributed by atoms with Crippen molar-refractivity contribution in [2.75, 3.05) is 18.4 Å². The van der Waals surface area contributed by atoms with E-state index < -0.39 is 42.1 Å². The number of rotatable bonds is 5. The van der Waals surface area contributed by atoms with Gasteiger partial charge in [0.2, 0.25) is 5.91 Å². The van der Waals surface area contributed by atoms with E-state index in [0.29, 0.717) is 10.2 Å². The fraction of sp³-hybridized carbons (Fsp3) is 0.409. The van der Waals surface area contributed by atoms with E-state index in [9.17, 15) is 27.2 Å². The largest absolute Gasteiger partial charge is 0.586 e. The number of carbonyl (C=O) groups is 1. The van der Waals surface area contributed by atoms with E-state index in [1.807, 2.05) is 0 Å². The molecule has 4 N–H and O–H groups in total. The zero-order chi connectivity index (χ0) is 25.8. The molecule has 2 aliphatic rings. The summed E-state index contributed by atoms with van der Waals surface area (Å²) in [6, 6.07) is 3.24. The van der Waals surface area contributed by atoms with Gasteiger partial charge in [0.05, 0.1) is 22.2 Å². The number of pyridine rings is 1. The molecular weight excluding hydrogens is 506 g/mol. The lowest BCUT2D eigenvalue weighted by Crippen LogP contribution is -2.52. The van der Waals surface area contributed by atoms with Gasteiger partial charge in [-0.1, -0.05) is 11.3 Å². The van der Waals surface area contributed by atoms with Crippen molar-refractivity contribution >= 4 is 32.6 Å². The monoisotopic (exact) mass is 527 g/mol. The number of piperidine rings is 1. The lowest BCUT2D eigenvalue weighted by atomic mass is 9.86. The first-order chi connectivity index (χ1) is 17.0. The van der Waals surface area contributed by atoms with Crippen LogP contribution in [-0.4, -0.2) is 52.1 Å². The van der Waals surface area contributed by atoms with E-state index in [4.69, 9.17) is 5.73 Å². The highest BCUT2D eigenvalue weighted by Crippen LogP contribution is 2.45. The molecule has 2 unspecified atom stereocenters. The number of ether oxygens (including phenoxy) is 2. The van der Waals surface area contributed by atoms with Gasteiger partial charge < -0.3 is 25.5 Å². The number of halogens is 4. The van der Waals surface area contributed by atoms with Gasteiger partial charge in [0, 0.05) is 49.9 Å². The van der Waals surface area contributed by atoms with E-state index in [1.165, 1.54) is 24.4 Å². The third-order valence-electron chi connectivity index (χ3n) is 6.35. The van der Waals surface area contributed by atoms with E-state index in [0.717, 1.165) is 11.3 Å². The second-order valence-electron chi connectivity index (χ2n) is 8.67. The highest BCUT2D eigenvalue weighted by molar-refractivity contribution is 7.22. The van der Waals surface area contributed by atoms with Gasteiger partial charge in [-0.2, -0.15) is 0 Å². The molecule has 2 atom stereocenters. The molecule has 0 aliphatic carbocycles. The first-order valence-corrected chi connectivity index (χ1v) is 11.8. The van der Waals surface area contributed by atoms with Gasteiger partial charge in [0.25, 0.3) is 11.5 Å². The Labute approximate surface area is 205 Å². The molecule has 1 fully saturated rings. The molecule has 3 aromatic rings. The zero-order valence-electron chi connectivity index (χ0n) is 18.8. The van der Waals surface area contributed by atoms with Crippen LogP contribution >= 0.6 is 11.3 Å². The number of hydrogen-bond acceptors (Lipinski definition) is 8. The lowest BCUT2D eigenvalue weighted by molar-refractivity contribution is -0.286. The first kappa shape index (κ1) is 24.5. The molecule has 0 bridgehead atoms. The fourth-order valence-electron chi connectivity index (χ4n) is 4.33. The molecule has 2 aliphatic heterocycles. The summed E-state index contributed by atoms with van der Waals surface area (Å²) in [5.74, 6) is -5.04. The molecule has 1 amide bonds. The summed E-state index contributed by atoms with van der Waals surface area (Å²) in [7, 11) is 0. The molecule has 14 heteroatoms. The summed E-state index contributed by atoms with van der Waals surface area (Å²) < 4.78 is 65.5. The quantitative estimate of drug-likeness (QED) is 0.436. The molecule has 36 heavy (non-hydrogen) atoms. The number of fused-ring (bicyclic) bond motifs is 2. The minimum atomic E-state index is -3.75. The molecule has 0 spiro atoms. The van der Waals surface area contributed by atoms with Crippen LogP contribution in [0.2, 0.25) is 0 Å². The van der Waals surface area contributed by atoms with Crippen molar-refractivity contribution in [3.63, 3.8) is 0 Å². The summed E-state index contributed by atoms with van der Waals surface area (Å²) in [6.45, 7) is 1.38. The van der Waals surface area contributed by atoms with Crippen LogP contribution in [0.15, 0.2) is 29.2 Å². The van der Waals surface area contributed by atoms with Crippen LogP contribution in [0.5, 0.6) is 11.5 Å². The number of alkyl halides is 4. The van der Waals surface area contributed by atoms with Crippen LogP contribution in [0.3, 0.4) is 0 Å². The number of thiazole rings is 1. The van der Waals surface area contributed by atoms with E-state index in [1.54, 1.807) is 11.8 Å². The Bertz CT molecular complexity index is 1350. The number of H-pyrrole nitrogens is 1. The van der Waals surface area contributed by atoms with Crippen molar-refractivity contribution in [2.45, 2.75) is 44.1 Å². The van der Waals surface area contributed by atoms with Gasteiger partial charge in [-0.15, -0.1) is 8.78 Å². The van der Waals surface area contributed by atoms with Crippen molar-refractivity contribution in [3.8, 4) is 11.5 Å². The zero-order valence-corrected chi connectivity index (χ0v) is 19.6. The fourth-order valence-corrected chi connectivity index (χ4v) is 5.21. The maximum absolute atomic E-state index is 14.8. The predicted molar refractivity (Wildman–Crippen MR) is 123 cm³/mol. The Morgan fingerprint density at radius 1 is 1.31 bits per heavy atom. The van der Waals surface area contributed by atoms with Crippen LogP contribution in [0.25, 0.3) is 10.2 Å². The molecule has 2 aromatic heterocycles. The molecule has 9 nitrogen and oxygen atoms in total. The number of likely N-dealkylation sites (tertiary alicyclic amines) is 1. The average molecular weight is 528 g/mol. The van der Waals surface area contributed by atoms with E-state index >= 15 is 0 Å². The number of carbonyl (C=O) groups excluding carboxylic acids is 1. The average Bonchev–Trinajstić information content (AvgIpc) is 3.33. The molecule has 4 heterocycles. The molecule has 1 saturated heterocycles. The van der Waals surface area contributed by atoms with Crippen molar-refractivity contribution in [1.29, 1.82) is 0 Å². The number of hydrogen-bond donors (Lipinski definition) is 3. The Morgan fingerprint density at radius 2 is 2.03 bits per heavy atom. The number of amides is 1. The second kappa shape index (κ2) is 8.71. The van der Waals surface area contributed by atoms with Gasteiger partial charge in [-0.05, 0) is 18.6 Å². The standard InChI is InChI=1S/C22H21F4N5O4S/c1-10(31-3-2-21(23,24)13(9-31)12-4-11(7-27)19(33)28-8-12)18(32)30-20-29-14-5-15-16(6-17(14)36-20)35-22(25,26)34-15/h4-6,8,10,13H,2-3,7,9,27H2,1H3,(H,28,33)(H,29,30,32). The molecule has 0 radical (unpaired) electrons. The van der Waals surface area contributed by atoms with E-state index in [-0.39, 0.29) is 47.4 Å². The summed E-state index contributed by atoms with van der Waals surface area (Å²) in [6.07, 6.45) is -2.96. The number of nitrogens with two attached hydrogens (primary N) is 1. The number of benzene rings is 1. The highest BCUT2D eigenvalue weighted by atomic mass is 32.1. The minimum Gasteiger partial charge on any atom is -0.395 e. The number of nitrogens with one attached hydrogen (secondary N) is 2. The molecule has 0 saturated carbocycles. The SMILES string of the molecule is CC(C(=O)Nc1nc2cc3c(cc2s1)OC(F)(F)O3)N1CCC(F)(F)C(c2c[nH]c(=O)c(CN)c2)C1. The highest BCUT2D eigenvalue weighted by Gasteiger charge is 2.47. The third kappa shape index (κ3) is 4.51. The lowest BCUT2D eigenvalue weighted by Gasteiger charge is -2.40. The Hall–Kier alpha value is -3.23. The van der Waals surface area contributed by atoms with Crippen molar-refractivity contribution in [2.24, 2.45) is 5.73 Å². The van der Waals surface area contributed by atoms with Crippen LogP contribution < -0.4 is 26.1 Å². The molecular formula is C22H21F4N5O4S. The van der Waals surface area contributed by atoms with Crippen LogP contribution in [0, 0.1) is 0 Å². The van der Waals surface area contributed by atoms with E-state index in [2.05, 4.69) is 24.8 Å². The van der Waals surface area contributed by atoms with Crippen LogP contribution in [-0.2, 0) is 11.3 Å². The summed E-state index contributed by atoms with van der Waals surface area (Å²) in [5, 5.41) is 2.88. The predicted octanol–water partition coefficient (Wildman–Crippen LogP) is 3.22.